The molecule has 2 fully saturated rings. The van der Waals surface area contributed by atoms with Crippen molar-refractivity contribution in [2.45, 2.75) is 25.1 Å². The number of halogens is 6. The summed E-state index contributed by atoms with van der Waals surface area (Å²) in [6.45, 7) is 0.209. The monoisotopic (exact) mass is 425 g/mol. The number of urea groups is 1. The molecular weight excluding hydrogens is 409 g/mol. The van der Waals surface area contributed by atoms with Crippen molar-refractivity contribution in [3.8, 4) is 0 Å². The molecule has 3 amide bonds. The highest BCUT2D eigenvalue weighted by atomic mass is 35.5. The SMILES string of the molecule is O=C1CN(C(=O)NC(c2ccc(F)c(Cl)c2F)[C@H]2C[C@H](C(F)(F)F)C2)CCN1. The van der Waals surface area contributed by atoms with Gasteiger partial charge in [-0.3, -0.25) is 4.79 Å². The number of alkyl halides is 3. The van der Waals surface area contributed by atoms with Gasteiger partial charge in [-0.1, -0.05) is 17.7 Å². The molecule has 11 heteroatoms. The van der Waals surface area contributed by atoms with Gasteiger partial charge in [-0.2, -0.15) is 13.2 Å². The third kappa shape index (κ3) is 4.16. The molecule has 1 saturated heterocycles. The van der Waals surface area contributed by atoms with Gasteiger partial charge in [0.05, 0.1) is 12.0 Å². The summed E-state index contributed by atoms with van der Waals surface area (Å²) in [6.07, 6.45) is -4.98. The van der Waals surface area contributed by atoms with Crippen LogP contribution in [-0.2, 0) is 4.79 Å². The highest BCUT2D eigenvalue weighted by Gasteiger charge is 2.50. The predicted octanol–water partition coefficient (Wildman–Crippen LogP) is 3.39. The summed E-state index contributed by atoms with van der Waals surface area (Å²) < 4.78 is 66.5. The van der Waals surface area contributed by atoms with Crippen LogP contribution in [0.3, 0.4) is 0 Å². The molecule has 1 atom stereocenters. The molecule has 28 heavy (non-hydrogen) atoms. The van der Waals surface area contributed by atoms with Gasteiger partial charge in [0.25, 0.3) is 0 Å². The maximum atomic E-state index is 14.5. The van der Waals surface area contributed by atoms with E-state index < -0.39 is 46.7 Å². The van der Waals surface area contributed by atoms with Crippen molar-refractivity contribution in [3.05, 3.63) is 34.4 Å². The molecule has 3 rings (SSSR count). The number of benzene rings is 1. The van der Waals surface area contributed by atoms with Crippen LogP contribution in [0.2, 0.25) is 5.02 Å². The summed E-state index contributed by atoms with van der Waals surface area (Å²) in [7, 11) is 0. The van der Waals surface area contributed by atoms with Gasteiger partial charge in [0.15, 0.2) is 0 Å². The first-order chi connectivity index (χ1) is 13.1. The molecule has 1 aromatic carbocycles. The van der Waals surface area contributed by atoms with E-state index >= 15 is 0 Å². The Labute approximate surface area is 162 Å². The second-order valence-corrected chi connectivity index (χ2v) is 7.31. The Hall–Kier alpha value is -2.10. The molecule has 0 radical (unpaired) electrons. The number of hydrogen-bond acceptors (Lipinski definition) is 2. The first-order valence-electron chi connectivity index (χ1n) is 8.60. The summed E-state index contributed by atoms with van der Waals surface area (Å²) in [4.78, 5) is 25.1. The molecule has 1 aromatic rings. The number of piperazine rings is 1. The third-order valence-corrected chi connectivity index (χ3v) is 5.46. The number of carbonyl (C=O) groups is 2. The van der Waals surface area contributed by atoms with Gasteiger partial charge >= 0.3 is 12.2 Å². The minimum atomic E-state index is -4.38. The van der Waals surface area contributed by atoms with Crippen molar-refractivity contribution in [2.24, 2.45) is 11.8 Å². The molecule has 0 aromatic heterocycles. The second-order valence-electron chi connectivity index (χ2n) is 6.93. The lowest BCUT2D eigenvalue weighted by Gasteiger charge is -2.42. The number of hydrogen-bond donors (Lipinski definition) is 2. The molecule has 2 N–H and O–H groups in total. The maximum Gasteiger partial charge on any atom is 0.391 e. The quantitative estimate of drug-likeness (QED) is 0.576. The van der Waals surface area contributed by atoms with Crippen LogP contribution >= 0.6 is 11.6 Å². The van der Waals surface area contributed by atoms with Gasteiger partial charge in [0, 0.05) is 18.7 Å². The zero-order valence-corrected chi connectivity index (χ0v) is 15.2. The Bertz CT molecular complexity index is 783. The smallest absolute Gasteiger partial charge is 0.353 e. The fourth-order valence-corrected chi connectivity index (χ4v) is 3.64. The normalized spacial score (nSPS) is 23.6. The number of nitrogens with one attached hydrogen (secondary N) is 2. The van der Waals surface area contributed by atoms with Crippen molar-refractivity contribution in [2.75, 3.05) is 19.6 Å². The number of amides is 3. The molecule has 5 nitrogen and oxygen atoms in total. The van der Waals surface area contributed by atoms with Crippen LogP contribution in [0.5, 0.6) is 0 Å². The van der Waals surface area contributed by atoms with Crippen molar-refractivity contribution >= 4 is 23.5 Å². The minimum Gasteiger partial charge on any atom is -0.353 e. The molecular formula is C17H17ClF5N3O2. The van der Waals surface area contributed by atoms with Crippen molar-refractivity contribution in [1.82, 2.24) is 15.5 Å². The van der Waals surface area contributed by atoms with Gasteiger partial charge < -0.3 is 15.5 Å². The standard InChI is InChI=1S/C17H17ClF5N3O2/c18-13-11(19)2-1-10(14(13)20)15(8-5-9(6-8)17(21,22)23)25-16(28)26-4-3-24-12(27)7-26/h1-2,8-9,15H,3-7H2,(H,24,27)(H,25,28)/t8-,9-,15?. The van der Waals surface area contributed by atoms with E-state index in [0.29, 0.717) is 0 Å². The molecule has 1 heterocycles. The maximum absolute atomic E-state index is 14.5. The van der Waals surface area contributed by atoms with Crippen LogP contribution in [0.4, 0.5) is 26.7 Å². The topological polar surface area (TPSA) is 61.4 Å². The van der Waals surface area contributed by atoms with E-state index in [0.717, 1.165) is 12.1 Å². The largest absolute Gasteiger partial charge is 0.391 e. The Morgan fingerprint density at radius 1 is 1.29 bits per heavy atom. The Kier molecular flexibility index (Phi) is 5.69. The minimum absolute atomic E-state index is 0.188. The zero-order chi connectivity index (χ0) is 20.6. The summed E-state index contributed by atoms with van der Waals surface area (Å²) in [5.41, 5.74) is -0.188. The molecule has 1 aliphatic carbocycles. The van der Waals surface area contributed by atoms with Crippen molar-refractivity contribution in [3.63, 3.8) is 0 Å². The van der Waals surface area contributed by atoms with Crippen LogP contribution in [0.15, 0.2) is 12.1 Å². The summed E-state index contributed by atoms with van der Waals surface area (Å²) in [5.74, 6) is -4.77. The van der Waals surface area contributed by atoms with Crippen LogP contribution in [0.1, 0.15) is 24.4 Å². The fourth-order valence-electron chi connectivity index (χ4n) is 3.47. The van der Waals surface area contributed by atoms with Gasteiger partial charge in [0.1, 0.15) is 23.2 Å². The van der Waals surface area contributed by atoms with Gasteiger partial charge in [0.2, 0.25) is 5.91 Å². The van der Waals surface area contributed by atoms with Crippen LogP contribution < -0.4 is 10.6 Å². The Morgan fingerprint density at radius 3 is 2.57 bits per heavy atom. The van der Waals surface area contributed by atoms with Gasteiger partial charge in [-0.15, -0.1) is 0 Å². The van der Waals surface area contributed by atoms with E-state index in [1.165, 1.54) is 4.90 Å². The lowest BCUT2D eigenvalue weighted by Crippen LogP contribution is -2.54. The van der Waals surface area contributed by atoms with Gasteiger partial charge in [-0.05, 0) is 24.8 Å². The lowest BCUT2D eigenvalue weighted by molar-refractivity contribution is -0.206. The summed E-state index contributed by atoms with van der Waals surface area (Å²) in [6, 6.07) is 0.115. The predicted molar refractivity (Wildman–Crippen MR) is 89.5 cm³/mol. The van der Waals surface area contributed by atoms with E-state index in [1.54, 1.807) is 0 Å². The van der Waals surface area contributed by atoms with Crippen molar-refractivity contribution < 1.29 is 31.5 Å². The van der Waals surface area contributed by atoms with E-state index in [9.17, 15) is 31.5 Å². The average Bonchev–Trinajstić information content (AvgIpc) is 2.56. The van der Waals surface area contributed by atoms with E-state index in [1.807, 2.05) is 0 Å². The van der Waals surface area contributed by atoms with Crippen LogP contribution in [0.25, 0.3) is 0 Å². The number of nitrogens with zero attached hydrogens (tertiary/aromatic N) is 1. The second kappa shape index (κ2) is 7.73. The number of carbonyl (C=O) groups excluding carboxylic acids is 2. The van der Waals surface area contributed by atoms with E-state index in [-0.39, 0.29) is 43.9 Å². The first kappa shape index (κ1) is 20.6. The Balaban J connectivity index is 1.82. The Morgan fingerprint density at radius 2 is 1.96 bits per heavy atom. The zero-order valence-electron chi connectivity index (χ0n) is 14.5. The third-order valence-electron chi connectivity index (χ3n) is 5.11. The molecule has 2 aliphatic rings. The van der Waals surface area contributed by atoms with E-state index in [2.05, 4.69) is 10.6 Å². The summed E-state index contributed by atoms with van der Waals surface area (Å²) in [5, 5.41) is 4.25. The highest BCUT2D eigenvalue weighted by Crippen LogP contribution is 2.50. The lowest BCUT2D eigenvalue weighted by atomic mass is 9.69. The summed E-state index contributed by atoms with van der Waals surface area (Å²) >= 11 is 5.59. The molecule has 154 valence electrons. The number of rotatable bonds is 3. The fraction of sp³-hybridized carbons (Fsp3) is 0.529. The first-order valence-corrected chi connectivity index (χ1v) is 8.98. The van der Waals surface area contributed by atoms with Crippen LogP contribution in [-0.4, -0.2) is 42.6 Å². The molecule has 1 aliphatic heterocycles. The highest BCUT2D eigenvalue weighted by molar-refractivity contribution is 6.31. The van der Waals surface area contributed by atoms with Gasteiger partial charge in [-0.25, -0.2) is 13.6 Å². The molecule has 1 saturated carbocycles. The van der Waals surface area contributed by atoms with Crippen molar-refractivity contribution in [1.29, 1.82) is 0 Å². The molecule has 0 bridgehead atoms. The molecule has 0 spiro atoms. The molecule has 1 unspecified atom stereocenters. The van der Waals surface area contributed by atoms with E-state index in [4.69, 9.17) is 11.6 Å². The average molecular weight is 426 g/mol. The van der Waals surface area contributed by atoms with Crippen LogP contribution in [0, 0.1) is 23.5 Å².